The largest absolute Gasteiger partial charge is 0.494 e. The number of nitrogens with zero attached hydrogens (tertiary/aromatic N) is 1. The standard InChI is InChI=1S/C19H18N2O4S/c1-23-14-7-5-4-6-13(14)20-19-21-18(22)17(26-19)11-12-8-9-15(24-2)16(10-12)25-3/h4-11H,1-3H3,(H,20,21,22)/b17-11-. The third-order valence-electron chi connectivity index (χ3n) is 3.66. The number of nitrogens with one attached hydrogen (secondary N) is 1. The first-order chi connectivity index (χ1) is 12.6. The predicted octanol–water partition coefficient (Wildman–Crippen LogP) is 3.60. The van der Waals surface area contributed by atoms with Gasteiger partial charge in [0, 0.05) is 0 Å². The zero-order valence-corrected chi connectivity index (χ0v) is 15.4. The van der Waals surface area contributed by atoms with Crippen molar-refractivity contribution in [3.8, 4) is 17.2 Å². The Hall–Kier alpha value is -2.93. The van der Waals surface area contributed by atoms with Crippen molar-refractivity contribution in [2.24, 2.45) is 4.99 Å². The number of para-hydroxylation sites is 2. The molecule has 6 nitrogen and oxygen atoms in total. The Balaban J connectivity index is 1.86. The first-order valence-corrected chi connectivity index (χ1v) is 8.61. The molecule has 7 heteroatoms. The lowest BCUT2D eigenvalue weighted by Gasteiger charge is -2.07. The Bertz CT molecular complexity index is 893. The van der Waals surface area contributed by atoms with Gasteiger partial charge in [0.1, 0.15) is 11.4 Å². The zero-order valence-electron chi connectivity index (χ0n) is 14.6. The maximum Gasteiger partial charge on any atom is 0.264 e. The number of carbonyl (C=O) groups is 1. The highest BCUT2D eigenvalue weighted by Crippen LogP contribution is 2.33. The number of amides is 1. The number of carbonyl (C=O) groups excluding carboxylic acids is 1. The molecule has 0 unspecified atom stereocenters. The lowest BCUT2D eigenvalue weighted by atomic mass is 10.2. The smallest absolute Gasteiger partial charge is 0.264 e. The van der Waals surface area contributed by atoms with Gasteiger partial charge in [0.15, 0.2) is 16.7 Å². The van der Waals surface area contributed by atoms with Gasteiger partial charge in [0.25, 0.3) is 5.91 Å². The molecular weight excluding hydrogens is 352 g/mol. The molecule has 2 aromatic carbocycles. The Morgan fingerprint density at radius 2 is 1.69 bits per heavy atom. The summed E-state index contributed by atoms with van der Waals surface area (Å²) < 4.78 is 15.8. The van der Waals surface area contributed by atoms with Crippen LogP contribution in [-0.2, 0) is 4.79 Å². The monoisotopic (exact) mass is 370 g/mol. The number of benzene rings is 2. The average molecular weight is 370 g/mol. The molecular formula is C19H18N2O4S. The van der Waals surface area contributed by atoms with E-state index in [1.54, 1.807) is 33.5 Å². The minimum absolute atomic E-state index is 0.196. The zero-order chi connectivity index (χ0) is 18.5. The molecule has 2 aromatic rings. The molecule has 1 saturated heterocycles. The van der Waals surface area contributed by atoms with Gasteiger partial charge in [-0.15, -0.1) is 0 Å². The quantitative estimate of drug-likeness (QED) is 0.815. The van der Waals surface area contributed by atoms with Gasteiger partial charge < -0.3 is 19.5 Å². The number of thioether (sulfide) groups is 1. The van der Waals surface area contributed by atoms with E-state index >= 15 is 0 Å². The Labute approximate surface area is 155 Å². The maximum absolute atomic E-state index is 12.2. The Morgan fingerprint density at radius 3 is 2.42 bits per heavy atom. The van der Waals surface area contributed by atoms with Crippen LogP contribution in [0.25, 0.3) is 6.08 Å². The summed E-state index contributed by atoms with van der Waals surface area (Å²) >= 11 is 1.27. The second kappa shape index (κ2) is 7.97. The SMILES string of the molecule is COc1ccccc1N=C1NC(=O)/C(=C/c2ccc(OC)c(OC)c2)S1. The van der Waals surface area contributed by atoms with Gasteiger partial charge in [-0.25, -0.2) is 4.99 Å². The molecule has 0 saturated carbocycles. The van der Waals surface area contributed by atoms with Crippen LogP contribution in [0.2, 0.25) is 0 Å². The normalized spacial score (nSPS) is 16.7. The van der Waals surface area contributed by atoms with Crippen molar-refractivity contribution >= 4 is 34.6 Å². The molecule has 0 aliphatic carbocycles. The average Bonchev–Trinajstić information content (AvgIpc) is 3.01. The molecule has 134 valence electrons. The molecule has 1 fully saturated rings. The van der Waals surface area contributed by atoms with Crippen molar-refractivity contribution in [2.45, 2.75) is 0 Å². The van der Waals surface area contributed by atoms with E-state index in [9.17, 15) is 4.79 Å². The predicted molar refractivity (Wildman–Crippen MR) is 103 cm³/mol. The van der Waals surface area contributed by atoms with E-state index in [-0.39, 0.29) is 5.91 Å². The summed E-state index contributed by atoms with van der Waals surface area (Å²) in [6.07, 6.45) is 1.78. The Kier molecular flexibility index (Phi) is 5.48. The third kappa shape index (κ3) is 3.83. The summed E-state index contributed by atoms with van der Waals surface area (Å²) in [5.74, 6) is 1.69. The minimum Gasteiger partial charge on any atom is -0.494 e. The molecule has 3 rings (SSSR count). The van der Waals surface area contributed by atoms with E-state index in [1.807, 2.05) is 36.4 Å². The van der Waals surface area contributed by atoms with Crippen LogP contribution in [-0.4, -0.2) is 32.4 Å². The van der Waals surface area contributed by atoms with Crippen LogP contribution in [0.1, 0.15) is 5.56 Å². The molecule has 1 heterocycles. The fraction of sp³-hybridized carbons (Fsp3) is 0.158. The topological polar surface area (TPSA) is 69.2 Å². The molecule has 1 aliphatic heterocycles. The summed E-state index contributed by atoms with van der Waals surface area (Å²) in [6.45, 7) is 0. The number of rotatable bonds is 5. The molecule has 0 atom stereocenters. The summed E-state index contributed by atoms with van der Waals surface area (Å²) in [6, 6.07) is 12.9. The lowest BCUT2D eigenvalue weighted by Crippen LogP contribution is -2.19. The van der Waals surface area contributed by atoms with E-state index in [4.69, 9.17) is 14.2 Å². The van der Waals surface area contributed by atoms with Gasteiger partial charge in [-0.2, -0.15) is 0 Å². The fourth-order valence-electron chi connectivity index (χ4n) is 2.41. The van der Waals surface area contributed by atoms with Crippen molar-refractivity contribution in [1.29, 1.82) is 0 Å². The van der Waals surface area contributed by atoms with Crippen molar-refractivity contribution in [1.82, 2.24) is 5.32 Å². The molecule has 0 bridgehead atoms. The van der Waals surface area contributed by atoms with Crippen molar-refractivity contribution in [2.75, 3.05) is 21.3 Å². The highest BCUT2D eigenvalue weighted by molar-refractivity contribution is 8.18. The summed E-state index contributed by atoms with van der Waals surface area (Å²) in [4.78, 5) is 17.3. The van der Waals surface area contributed by atoms with E-state index in [1.165, 1.54) is 11.8 Å². The van der Waals surface area contributed by atoms with Gasteiger partial charge in [-0.1, -0.05) is 18.2 Å². The second-order valence-electron chi connectivity index (χ2n) is 5.27. The van der Waals surface area contributed by atoms with Crippen LogP contribution in [0.4, 0.5) is 5.69 Å². The second-order valence-corrected chi connectivity index (χ2v) is 6.30. The Morgan fingerprint density at radius 1 is 0.962 bits per heavy atom. The molecule has 1 aliphatic rings. The highest BCUT2D eigenvalue weighted by atomic mass is 32.2. The number of hydrogen-bond acceptors (Lipinski definition) is 6. The molecule has 0 aromatic heterocycles. The van der Waals surface area contributed by atoms with Gasteiger partial charge in [-0.3, -0.25) is 4.79 Å². The van der Waals surface area contributed by atoms with Gasteiger partial charge in [0.05, 0.1) is 26.2 Å². The van der Waals surface area contributed by atoms with Gasteiger partial charge in [0.2, 0.25) is 0 Å². The van der Waals surface area contributed by atoms with Gasteiger partial charge in [-0.05, 0) is 47.7 Å². The van der Waals surface area contributed by atoms with Crippen LogP contribution >= 0.6 is 11.8 Å². The van der Waals surface area contributed by atoms with Crippen molar-refractivity contribution in [3.05, 3.63) is 52.9 Å². The molecule has 0 spiro atoms. The minimum atomic E-state index is -0.196. The number of methoxy groups -OCH3 is 3. The number of aliphatic imine (C=N–C) groups is 1. The van der Waals surface area contributed by atoms with Crippen molar-refractivity contribution in [3.63, 3.8) is 0 Å². The van der Waals surface area contributed by atoms with Crippen LogP contribution in [0.5, 0.6) is 17.2 Å². The fourth-order valence-corrected chi connectivity index (χ4v) is 3.24. The maximum atomic E-state index is 12.2. The van der Waals surface area contributed by atoms with Crippen LogP contribution in [0, 0.1) is 0 Å². The van der Waals surface area contributed by atoms with Crippen LogP contribution in [0.15, 0.2) is 52.4 Å². The summed E-state index contributed by atoms with van der Waals surface area (Å²) in [5.41, 5.74) is 1.49. The molecule has 1 amide bonds. The third-order valence-corrected chi connectivity index (χ3v) is 4.57. The van der Waals surface area contributed by atoms with Crippen LogP contribution in [0.3, 0.4) is 0 Å². The van der Waals surface area contributed by atoms with Crippen molar-refractivity contribution < 1.29 is 19.0 Å². The van der Waals surface area contributed by atoms with E-state index < -0.39 is 0 Å². The number of amidine groups is 1. The van der Waals surface area contributed by atoms with Gasteiger partial charge >= 0.3 is 0 Å². The van der Waals surface area contributed by atoms with E-state index in [0.29, 0.717) is 33.0 Å². The first kappa shape index (κ1) is 17.9. The highest BCUT2D eigenvalue weighted by Gasteiger charge is 2.24. The summed E-state index contributed by atoms with van der Waals surface area (Å²) in [5, 5.41) is 3.28. The molecule has 1 N–H and O–H groups in total. The summed E-state index contributed by atoms with van der Waals surface area (Å²) in [7, 11) is 4.74. The molecule has 0 radical (unpaired) electrons. The molecule has 26 heavy (non-hydrogen) atoms. The van der Waals surface area contributed by atoms with E-state index in [2.05, 4.69) is 10.3 Å². The number of hydrogen-bond donors (Lipinski definition) is 1. The van der Waals surface area contributed by atoms with E-state index in [0.717, 1.165) is 5.56 Å². The first-order valence-electron chi connectivity index (χ1n) is 7.79. The number of ether oxygens (including phenoxy) is 3. The van der Waals surface area contributed by atoms with Crippen LogP contribution < -0.4 is 19.5 Å². The lowest BCUT2D eigenvalue weighted by molar-refractivity contribution is -0.115.